The van der Waals surface area contributed by atoms with E-state index in [0.29, 0.717) is 5.57 Å². The lowest BCUT2D eigenvalue weighted by Gasteiger charge is -2.03. The molecule has 0 fully saturated rings. The number of Topliss-reactive ketones (excluding diaryl/α,β-unsaturated/α-hetero) is 1. The molecule has 6 heteroatoms. The molecule has 2 N–H and O–H groups in total. The summed E-state index contributed by atoms with van der Waals surface area (Å²) in [4.78, 5) is 27.5. The molecule has 0 bridgehead atoms. The van der Waals surface area contributed by atoms with Gasteiger partial charge in [0, 0.05) is 6.42 Å². The van der Waals surface area contributed by atoms with Gasteiger partial charge < -0.3 is 9.79 Å². The van der Waals surface area contributed by atoms with E-state index in [-0.39, 0.29) is 25.2 Å². The summed E-state index contributed by atoms with van der Waals surface area (Å²) in [6, 6.07) is 0. The van der Waals surface area contributed by atoms with Gasteiger partial charge in [-0.15, -0.1) is 0 Å². The van der Waals surface area contributed by atoms with Crippen LogP contribution in [0.3, 0.4) is 0 Å². The molecule has 0 heterocycles. The zero-order valence-electron chi connectivity index (χ0n) is 7.39. The van der Waals surface area contributed by atoms with Gasteiger partial charge in [-0.3, -0.25) is 9.32 Å². The fourth-order valence-corrected chi connectivity index (χ4v) is 0.997. The number of hydrogen-bond donors (Lipinski definition) is 2. The number of ketones is 1. The van der Waals surface area contributed by atoms with E-state index in [1.807, 2.05) is 0 Å². The Morgan fingerprint density at radius 3 is 2.46 bits per heavy atom. The lowest BCUT2D eigenvalue weighted by Crippen LogP contribution is -2.01. The summed E-state index contributed by atoms with van der Waals surface area (Å²) in [7, 11) is -4.38. The van der Waals surface area contributed by atoms with Crippen LogP contribution in [0.5, 0.6) is 0 Å². The lowest BCUT2D eigenvalue weighted by atomic mass is 10.1. The van der Waals surface area contributed by atoms with Crippen molar-refractivity contribution in [1.82, 2.24) is 0 Å². The van der Waals surface area contributed by atoms with Crippen molar-refractivity contribution in [2.45, 2.75) is 19.8 Å². The molecule has 0 atom stereocenters. The molecule has 0 saturated heterocycles. The predicted molar refractivity (Wildman–Crippen MR) is 47.1 cm³/mol. The van der Waals surface area contributed by atoms with Crippen LogP contribution in [0.25, 0.3) is 0 Å². The maximum atomic E-state index is 10.9. The first-order valence-corrected chi connectivity index (χ1v) is 5.25. The van der Waals surface area contributed by atoms with Crippen LogP contribution < -0.4 is 0 Å². The van der Waals surface area contributed by atoms with Crippen molar-refractivity contribution in [2.75, 3.05) is 6.61 Å². The molecular weight excluding hydrogens is 195 g/mol. The molecule has 76 valence electrons. The second-order valence-electron chi connectivity index (χ2n) is 2.63. The summed E-state index contributed by atoms with van der Waals surface area (Å²) in [5.41, 5.74) is 0.441. The molecule has 0 spiro atoms. The molecule has 0 aliphatic rings. The lowest BCUT2D eigenvalue weighted by molar-refractivity contribution is -0.115. The molecule has 0 rings (SSSR count). The summed E-state index contributed by atoms with van der Waals surface area (Å²) in [6.07, 6.45) is 0.492. The van der Waals surface area contributed by atoms with Gasteiger partial charge in [0.25, 0.3) is 0 Å². The first kappa shape index (κ1) is 12.5. The highest BCUT2D eigenvalue weighted by Gasteiger charge is 2.13. The monoisotopic (exact) mass is 208 g/mol. The average molecular weight is 208 g/mol. The van der Waals surface area contributed by atoms with Crippen molar-refractivity contribution in [3.8, 4) is 0 Å². The van der Waals surface area contributed by atoms with Crippen molar-refractivity contribution in [1.29, 1.82) is 0 Å². The van der Waals surface area contributed by atoms with Crippen LogP contribution in [-0.2, 0) is 13.9 Å². The minimum Gasteiger partial charge on any atom is -0.303 e. The highest BCUT2D eigenvalue weighted by molar-refractivity contribution is 7.46. The second-order valence-corrected chi connectivity index (χ2v) is 3.87. The maximum Gasteiger partial charge on any atom is 0.469 e. The highest BCUT2D eigenvalue weighted by atomic mass is 31.2. The van der Waals surface area contributed by atoms with E-state index in [0.717, 1.165) is 0 Å². The summed E-state index contributed by atoms with van der Waals surface area (Å²) in [6.45, 7) is 4.91. The van der Waals surface area contributed by atoms with Crippen molar-refractivity contribution < 1.29 is 23.7 Å². The van der Waals surface area contributed by atoms with Crippen LogP contribution in [0.2, 0.25) is 0 Å². The molecule has 0 radical (unpaired) electrons. The third-order valence-electron chi connectivity index (χ3n) is 1.28. The SMILES string of the molecule is C=C(C)C(=O)CCCOP(=O)(O)O. The molecule has 5 nitrogen and oxygen atoms in total. The summed E-state index contributed by atoms with van der Waals surface area (Å²) in [5, 5.41) is 0. The van der Waals surface area contributed by atoms with Crippen LogP contribution in [0.15, 0.2) is 12.2 Å². The largest absolute Gasteiger partial charge is 0.469 e. The van der Waals surface area contributed by atoms with E-state index in [2.05, 4.69) is 11.1 Å². The molecule has 0 amide bonds. The van der Waals surface area contributed by atoms with Crippen molar-refractivity contribution in [3.63, 3.8) is 0 Å². The Hall–Kier alpha value is -0.480. The van der Waals surface area contributed by atoms with Gasteiger partial charge in [-0.25, -0.2) is 4.57 Å². The molecule has 0 aromatic heterocycles. The van der Waals surface area contributed by atoms with E-state index in [4.69, 9.17) is 9.79 Å². The predicted octanol–water partition coefficient (Wildman–Crippen LogP) is 1.02. The summed E-state index contributed by atoms with van der Waals surface area (Å²) >= 11 is 0. The van der Waals surface area contributed by atoms with Crippen molar-refractivity contribution in [2.24, 2.45) is 0 Å². The number of allylic oxidation sites excluding steroid dienone is 1. The Bertz CT molecular complexity index is 241. The van der Waals surface area contributed by atoms with Gasteiger partial charge in [-0.1, -0.05) is 6.58 Å². The van der Waals surface area contributed by atoms with E-state index in [9.17, 15) is 9.36 Å². The van der Waals surface area contributed by atoms with E-state index >= 15 is 0 Å². The molecule has 0 aromatic carbocycles. The van der Waals surface area contributed by atoms with Crippen LogP contribution >= 0.6 is 7.82 Å². The Labute approximate surface area is 76.7 Å². The number of hydrogen-bond acceptors (Lipinski definition) is 3. The zero-order valence-corrected chi connectivity index (χ0v) is 8.29. The first-order chi connectivity index (χ1) is 5.83. The fourth-order valence-electron chi connectivity index (χ4n) is 0.630. The minimum absolute atomic E-state index is 0.116. The molecule has 13 heavy (non-hydrogen) atoms. The Morgan fingerprint density at radius 2 is 2.08 bits per heavy atom. The number of carbonyl (C=O) groups excluding carboxylic acids is 1. The maximum absolute atomic E-state index is 10.9. The van der Waals surface area contributed by atoms with E-state index < -0.39 is 7.82 Å². The van der Waals surface area contributed by atoms with Crippen LogP contribution in [0, 0.1) is 0 Å². The molecule has 0 unspecified atom stereocenters. The smallest absolute Gasteiger partial charge is 0.303 e. The molecule has 0 aliphatic carbocycles. The number of carbonyl (C=O) groups is 1. The van der Waals surface area contributed by atoms with Gasteiger partial charge in [-0.2, -0.15) is 0 Å². The normalized spacial score (nSPS) is 11.3. The number of rotatable bonds is 6. The summed E-state index contributed by atoms with van der Waals surface area (Å²) in [5.74, 6) is -0.116. The molecular formula is C7H13O5P. The Kier molecular flexibility index (Phi) is 5.10. The minimum atomic E-state index is -4.38. The van der Waals surface area contributed by atoms with Gasteiger partial charge in [0.2, 0.25) is 0 Å². The molecule has 0 aromatic rings. The number of phosphoric ester groups is 1. The quantitative estimate of drug-likeness (QED) is 0.386. The zero-order chi connectivity index (χ0) is 10.5. The summed E-state index contributed by atoms with van der Waals surface area (Å²) < 4.78 is 14.3. The van der Waals surface area contributed by atoms with Crippen LogP contribution in [-0.4, -0.2) is 22.2 Å². The number of phosphoric acid groups is 1. The standard InChI is InChI=1S/C7H13O5P/c1-6(2)7(8)4-3-5-12-13(9,10)11/h1,3-5H2,2H3,(H2,9,10,11). The third-order valence-corrected chi connectivity index (χ3v) is 1.80. The van der Waals surface area contributed by atoms with Crippen molar-refractivity contribution in [3.05, 3.63) is 12.2 Å². The molecule has 0 aliphatic heterocycles. The average Bonchev–Trinajstić information content (AvgIpc) is 1.95. The van der Waals surface area contributed by atoms with Crippen molar-refractivity contribution >= 4 is 13.6 Å². The third kappa shape index (κ3) is 7.87. The van der Waals surface area contributed by atoms with Gasteiger partial charge in [0.1, 0.15) is 0 Å². The highest BCUT2D eigenvalue weighted by Crippen LogP contribution is 2.35. The second kappa shape index (κ2) is 5.29. The van der Waals surface area contributed by atoms with Gasteiger partial charge in [-0.05, 0) is 18.9 Å². The van der Waals surface area contributed by atoms with Gasteiger partial charge in [0.15, 0.2) is 5.78 Å². The van der Waals surface area contributed by atoms with E-state index in [1.54, 1.807) is 6.92 Å². The fraction of sp³-hybridized carbons (Fsp3) is 0.571. The Morgan fingerprint density at radius 1 is 1.54 bits per heavy atom. The van der Waals surface area contributed by atoms with Crippen LogP contribution in [0.4, 0.5) is 0 Å². The van der Waals surface area contributed by atoms with Crippen LogP contribution in [0.1, 0.15) is 19.8 Å². The molecule has 0 saturated carbocycles. The van der Waals surface area contributed by atoms with E-state index in [1.165, 1.54) is 0 Å². The first-order valence-electron chi connectivity index (χ1n) is 3.72. The topological polar surface area (TPSA) is 83.8 Å². The van der Waals surface area contributed by atoms with Gasteiger partial charge in [0.05, 0.1) is 6.61 Å². The van der Waals surface area contributed by atoms with Gasteiger partial charge >= 0.3 is 7.82 Å². The Balaban J connectivity index is 3.53.